The molecule has 0 amide bonds. The summed E-state index contributed by atoms with van der Waals surface area (Å²) in [7, 11) is 1.59. The third kappa shape index (κ3) is 3.80. The van der Waals surface area contributed by atoms with Gasteiger partial charge in [0, 0.05) is 12.7 Å². The van der Waals surface area contributed by atoms with Crippen LogP contribution in [0.2, 0.25) is 0 Å². The number of ether oxygens (including phenoxy) is 2. The van der Waals surface area contributed by atoms with Crippen molar-refractivity contribution < 1.29 is 14.3 Å². The fourth-order valence-corrected chi connectivity index (χ4v) is 4.79. The summed E-state index contributed by atoms with van der Waals surface area (Å²) in [6, 6.07) is 8.54. The molecule has 1 atom stereocenters. The fraction of sp³-hybridized carbons (Fsp3) is 0.304. The first-order valence-electron chi connectivity index (χ1n) is 10.3. The zero-order chi connectivity index (χ0) is 22.8. The standard InChI is InChI=1S/C23H24N4O4S/c1-5-26-16(11-12-24-26)13-18-21(28)27-20(15-7-9-17(30-4)10-8-15)19(22(29)31-6-2)14(3)25-23(27)32-18/h7-13,20H,5-6H2,1-4H3/b18-13+/t20-/m1/s1. The highest BCUT2D eigenvalue weighted by molar-refractivity contribution is 7.07. The van der Waals surface area contributed by atoms with Gasteiger partial charge in [0.05, 0.1) is 41.3 Å². The number of hydrogen-bond acceptors (Lipinski definition) is 7. The lowest BCUT2D eigenvalue weighted by Crippen LogP contribution is -2.40. The molecular formula is C23H24N4O4S. The van der Waals surface area contributed by atoms with Crippen LogP contribution in [0.25, 0.3) is 6.08 Å². The van der Waals surface area contributed by atoms with Crippen molar-refractivity contribution in [1.29, 1.82) is 0 Å². The van der Waals surface area contributed by atoms with E-state index in [-0.39, 0.29) is 12.2 Å². The predicted octanol–water partition coefficient (Wildman–Crippen LogP) is 2.02. The lowest BCUT2D eigenvalue weighted by molar-refractivity contribution is -0.139. The van der Waals surface area contributed by atoms with Crippen molar-refractivity contribution in [2.24, 2.45) is 4.99 Å². The topological polar surface area (TPSA) is 87.7 Å². The molecule has 0 radical (unpaired) electrons. The first kappa shape index (κ1) is 21.8. The van der Waals surface area contributed by atoms with Crippen molar-refractivity contribution in [2.75, 3.05) is 13.7 Å². The molecule has 32 heavy (non-hydrogen) atoms. The van der Waals surface area contributed by atoms with E-state index in [9.17, 15) is 9.59 Å². The summed E-state index contributed by atoms with van der Waals surface area (Å²) >= 11 is 1.29. The fourth-order valence-electron chi connectivity index (χ4n) is 3.76. The Morgan fingerprint density at radius 1 is 1.22 bits per heavy atom. The molecule has 3 heterocycles. The summed E-state index contributed by atoms with van der Waals surface area (Å²) in [5, 5.41) is 4.27. The largest absolute Gasteiger partial charge is 0.497 e. The summed E-state index contributed by atoms with van der Waals surface area (Å²) in [5.41, 5.74) is 2.28. The monoisotopic (exact) mass is 452 g/mol. The Bertz CT molecular complexity index is 1360. The lowest BCUT2D eigenvalue weighted by atomic mass is 9.96. The minimum Gasteiger partial charge on any atom is -0.497 e. The predicted molar refractivity (Wildman–Crippen MR) is 121 cm³/mol. The van der Waals surface area contributed by atoms with E-state index in [0.717, 1.165) is 11.3 Å². The number of carbonyl (C=O) groups excluding carboxylic acids is 1. The highest BCUT2D eigenvalue weighted by atomic mass is 32.1. The Labute approximate surface area is 188 Å². The zero-order valence-corrected chi connectivity index (χ0v) is 19.2. The van der Waals surface area contributed by atoms with Crippen LogP contribution in [0.1, 0.15) is 38.1 Å². The smallest absolute Gasteiger partial charge is 0.338 e. The highest BCUT2D eigenvalue weighted by Crippen LogP contribution is 2.31. The third-order valence-corrected chi connectivity index (χ3v) is 6.26. The average Bonchev–Trinajstić information content (AvgIpc) is 3.37. The van der Waals surface area contributed by atoms with Crippen LogP contribution in [-0.2, 0) is 16.1 Å². The van der Waals surface area contributed by atoms with Gasteiger partial charge < -0.3 is 9.47 Å². The molecule has 1 aliphatic rings. The summed E-state index contributed by atoms with van der Waals surface area (Å²) in [5.74, 6) is 0.209. The number of nitrogens with zero attached hydrogens (tertiary/aromatic N) is 4. The zero-order valence-electron chi connectivity index (χ0n) is 18.4. The molecule has 9 heteroatoms. The number of rotatable bonds is 6. The van der Waals surface area contributed by atoms with Crippen molar-refractivity contribution in [3.05, 3.63) is 78.7 Å². The molecule has 0 saturated carbocycles. The Balaban J connectivity index is 1.95. The molecule has 0 bridgehead atoms. The minimum absolute atomic E-state index is 0.215. The average molecular weight is 453 g/mol. The van der Waals surface area contributed by atoms with Crippen molar-refractivity contribution in [3.63, 3.8) is 0 Å². The maximum atomic E-state index is 13.5. The number of benzene rings is 1. The molecule has 0 spiro atoms. The molecule has 8 nitrogen and oxygen atoms in total. The van der Waals surface area contributed by atoms with Gasteiger partial charge in [-0.05, 0) is 50.6 Å². The normalized spacial score (nSPS) is 16.0. The summed E-state index contributed by atoms with van der Waals surface area (Å²) in [6.07, 6.45) is 3.52. The Kier molecular flexibility index (Phi) is 6.09. The van der Waals surface area contributed by atoms with Gasteiger partial charge in [-0.2, -0.15) is 5.10 Å². The molecule has 4 rings (SSSR count). The SMILES string of the molecule is CCOC(=O)C1=C(C)N=c2s/c(=C/c3ccnn3CC)c(=O)n2[C@@H]1c1ccc(OC)cc1. The number of fused-ring (bicyclic) bond motifs is 1. The van der Waals surface area contributed by atoms with Crippen LogP contribution in [-0.4, -0.2) is 34.0 Å². The molecular weight excluding hydrogens is 428 g/mol. The molecule has 2 aromatic heterocycles. The van der Waals surface area contributed by atoms with Gasteiger partial charge in [0.25, 0.3) is 5.56 Å². The molecule has 0 saturated heterocycles. The first-order chi connectivity index (χ1) is 15.5. The van der Waals surface area contributed by atoms with Gasteiger partial charge in [0.2, 0.25) is 0 Å². The Morgan fingerprint density at radius 2 is 1.97 bits per heavy atom. The molecule has 0 fully saturated rings. The van der Waals surface area contributed by atoms with Gasteiger partial charge in [0.1, 0.15) is 5.75 Å². The van der Waals surface area contributed by atoms with E-state index in [0.29, 0.717) is 32.9 Å². The highest BCUT2D eigenvalue weighted by Gasteiger charge is 2.33. The van der Waals surface area contributed by atoms with Crippen LogP contribution < -0.4 is 19.6 Å². The Morgan fingerprint density at radius 3 is 2.62 bits per heavy atom. The van der Waals surface area contributed by atoms with E-state index in [4.69, 9.17) is 9.47 Å². The minimum atomic E-state index is -0.644. The number of aryl methyl sites for hydroxylation is 1. The number of methoxy groups -OCH3 is 1. The molecule has 1 aliphatic heterocycles. The molecule has 0 unspecified atom stereocenters. The number of esters is 1. The van der Waals surface area contributed by atoms with Crippen LogP contribution in [0, 0.1) is 0 Å². The van der Waals surface area contributed by atoms with Gasteiger partial charge in [-0.1, -0.05) is 23.5 Å². The van der Waals surface area contributed by atoms with Crippen LogP contribution >= 0.6 is 11.3 Å². The number of carbonyl (C=O) groups is 1. The maximum absolute atomic E-state index is 13.5. The van der Waals surface area contributed by atoms with Gasteiger partial charge in [-0.3, -0.25) is 14.0 Å². The van der Waals surface area contributed by atoms with E-state index >= 15 is 0 Å². The van der Waals surface area contributed by atoms with Gasteiger partial charge in [-0.15, -0.1) is 0 Å². The maximum Gasteiger partial charge on any atom is 0.338 e. The van der Waals surface area contributed by atoms with Crippen LogP contribution in [0.15, 0.2) is 57.6 Å². The third-order valence-electron chi connectivity index (χ3n) is 5.28. The molecule has 3 aromatic rings. The Hall–Kier alpha value is -3.46. The quantitative estimate of drug-likeness (QED) is 0.534. The van der Waals surface area contributed by atoms with Gasteiger partial charge in [-0.25, -0.2) is 9.79 Å². The van der Waals surface area contributed by atoms with Gasteiger partial charge >= 0.3 is 5.97 Å². The van der Waals surface area contributed by atoms with E-state index in [1.807, 2.05) is 48.0 Å². The number of allylic oxidation sites excluding steroid dienone is 1. The lowest BCUT2D eigenvalue weighted by Gasteiger charge is -2.24. The number of aromatic nitrogens is 3. The summed E-state index contributed by atoms with van der Waals surface area (Å²) < 4.78 is 14.5. The van der Waals surface area contributed by atoms with E-state index in [1.165, 1.54) is 11.3 Å². The van der Waals surface area contributed by atoms with Gasteiger partial charge in [0.15, 0.2) is 4.80 Å². The molecule has 0 N–H and O–H groups in total. The van der Waals surface area contributed by atoms with Crippen molar-refractivity contribution in [2.45, 2.75) is 33.4 Å². The first-order valence-corrected chi connectivity index (χ1v) is 11.2. The van der Waals surface area contributed by atoms with E-state index in [1.54, 1.807) is 31.7 Å². The second-order valence-electron chi connectivity index (χ2n) is 7.15. The second-order valence-corrected chi connectivity index (χ2v) is 8.16. The van der Waals surface area contributed by atoms with E-state index in [2.05, 4.69) is 10.1 Å². The van der Waals surface area contributed by atoms with E-state index < -0.39 is 12.0 Å². The van der Waals surface area contributed by atoms with Crippen molar-refractivity contribution >= 4 is 23.4 Å². The van der Waals surface area contributed by atoms with Crippen LogP contribution in [0.5, 0.6) is 5.75 Å². The van der Waals surface area contributed by atoms with Crippen LogP contribution in [0.3, 0.4) is 0 Å². The van der Waals surface area contributed by atoms with Crippen molar-refractivity contribution in [3.8, 4) is 5.75 Å². The summed E-state index contributed by atoms with van der Waals surface area (Å²) in [4.78, 5) is 31.5. The number of hydrogen-bond donors (Lipinski definition) is 0. The molecule has 166 valence electrons. The summed E-state index contributed by atoms with van der Waals surface area (Å²) in [6.45, 7) is 6.44. The molecule has 1 aromatic carbocycles. The second kappa shape index (κ2) is 8.96. The van der Waals surface area contributed by atoms with Crippen LogP contribution in [0.4, 0.5) is 0 Å². The number of thiazole rings is 1. The molecule has 0 aliphatic carbocycles. The van der Waals surface area contributed by atoms with Crippen molar-refractivity contribution in [1.82, 2.24) is 14.3 Å².